The van der Waals surface area contributed by atoms with Crippen LogP contribution in [0.4, 0.5) is 0 Å². The van der Waals surface area contributed by atoms with E-state index >= 15 is 0 Å². The summed E-state index contributed by atoms with van der Waals surface area (Å²) in [7, 11) is 0. The maximum atomic E-state index is 12.6. The van der Waals surface area contributed by atoms with Crippen LogP contribution in [0.15, 0.2) is 48.8 Å². The molecule has 0 N–H and O–H groups in total. The van der Waals surface area contributed by atoms with Gasteiger partial charge in [0.15, 0.2) is 0 Å². The first-order valence-corrected chi connectivity index (χ1v) is 6.71. The molecule has 4 heteroatoms. The Balaban J connectivity index is 2.01. The van der Waals surface area contributed by atoms with E-state index in [1.807, 2.05) is 30.3 Å². The normalized spacial score (nSPS) is 10.8. The standard InChI is InChI=1S/C16H15N3O/c1-2-10-19-15(7-9-18-19)16(20)13-5-6-14-12(11-13)4-3-8-17-14/h3-9,11H,2,10H2,1H3. The first kappa shape index (κ1) is 12.5. The van der Waals surface area contributed by atoms with Crippen molar-refractivity contribution in [2.24, 2.45) is 0 Å². The van der Waals surface area contributed by atoms with Crippen molar-refractivity contribution in [2.75, 3.05) is 0 Å². The fourth-order valence-corrected chi connectivity index (χ4v) is 2.28. The molecule has 100 valence electrons. The van der Waals surface area contributed by atoms with Gasteiger partial charge in [-0.2, -0.15) is 5.10 Å². The average Bonchev–Trinajstić information content (AvgIpc) is 2.94. The lowest BCUT2D eigenvalue weighted by Gasteiger charge is -2.06. The molecule has 0 amide bonds. The summed E-state index contributed by atoms with van der Waals surface area (Å²) in [5.74, 6) is 0.00158. The van der Waals surface area contributed by atoms with Crippen LogP contribution in [-0.4, -0.2) is 20.5 Å². The van der Waals surface area contributed by atoms with Gasteiger partial charge >= 0.3 is 0 Å². The summed E-state index contributed by atoms with van der Waals surface area (Å²) in [5, 5.41) is 5.17. The molecule has 0 fully saturated rings. The first-order chi connectivity index (χ1) is 9.79. The Labute approximate surface area is 117 Å². The van der Waals surface area contributed by atoms with Gasteiger partial charge in [-0.05, 0) is 36.8 Å². The van der Waals surface area contributed by atoms with Crippen LogP contribution in [0, 0.1) is 0 Å². The third-order valence-electron chi connectivity index (χ3n) is 3.25. The molecule has 0 aliphatic heterocycles. The Morgan fingerprint density at radius 3 is 2.95 bits per heavy atom. The number of benzene rings is 1. The van der Waals surface area contributed by atoms with Crippen molar-refractivity contribution in [1.29, 1.82) is 0 Å². The van der Waals surface area contributed by atoms with Gasteiger partial charge in [-0.25, -0.2) is 0 Å². The highest BCUT2D eigenvalue weighted by molar-refractivity contribution is 6.09. The van der Waals surface area contributed by atoms with Gasteiger partial charge < -0.3 is 0 Å². The zero-order chi connectivity index (χ0) is 13.9. The molecule has 20 heavy (non-hydrogen) atoms. The van der Waals surface area contributed by atoms with E-state index in [1.165, 1.54) is 0 Å². The van der Waals surface area contributed by atoms with E-state index in [2.05, 4.69) is 17.0 Å². The minimum atomic E-state index is 0.00158. The largest absolute Gasteiger partial charge is 0.287 e. The van der Waals surface area contributed by atoms with Gasteiger partial charge in [-0.15, -0.1) is 0 Å². The van der Waals surface area contributed by atoms with Crippen LogP contribution < -0.4 is 0 Å². The third kappa shape index (κ3) is 2.20. The van der Waals surface area contributed by atoms with Crippen molar-refractivity contribution in [1.82, 2.24) is 14.8 Å². The summed E-state index contributed by atoms with van der Waals surface area (Å²) >= 11 is 0. The zero-order valence-electron chi connectivity index (χ0n) is 11.3. The second-order valence-corrected chi connectivity index (χ2v) is 4.68. The van der Waals surface area contributed by atoms with Gasteiger partial charge in [-0.3, -0.25) is 14.5 Å². The molecule has 0 aliphatic rings. The number of pyridine rings is 1. The topological polar surface area (TPSA) is 47.8 Å². The highest BCUT2D eigenvalue weighted by atomic mass is 16.1. The number of aromatic nitrogens is 3. The molecule has 3 rings (SSSR count). The quantitative estimate of drug-likeness (QED) is 0.681. The van der Waals surface area contributed by atoms with Crippen molar-refractivity contribution in [2.45, 2.75) is 19.9 Å². The summed E-state index contributed by atoms with van der Waals surface area (Å²) < 4.78 is 1.76. The zero-order valence-corrected chi connectivity index (χ0v) is 11.3. The summed E-state index contributed by atoms with van der Waals surface area (Å²) in [6, 6.07) is 11.2. The molecule has 0 radical (unpaired) electrons. The molecule has 0 atom stereocenters. The van der Waals surface area contributed by atoms with Crippen LogP contribution in [0.5, 0.6) is 0 Å². The van der Waals surface area contributed by atoms with Crippen molar-refractivity contribution < 1.29 is 4.79 Å². The number of rotatable bonds is 4. The molecule has 2 aromatic heterocycles. The van der Waals surface area contributed by atoms with Crippen molar-refractivity contribution in [3.63, 3.8) is 0 Å². The second kappa shape index (κ2) is 5.25. The summed E-state index contributed by atoms with van der Waals surface area (Å²) in [4.78, 5) is 16.8. The van der Waals surface area contributed by atoms with Gasteiger partial charge in [0.25, 0.3) is 0 Å². The summed E-state index contributed by atoms with van der Waals surface area (Å²) in [6.07, 6.45) is 4.37. The number of carbonyl (C=O) groups is 1. The van der Waals surface area contributed by atoms with E-state index in [9.17, 15) is 4.79 Å². The lowest BCUT2D eigenvalue weighted by molar-refractivity contribution is 0.102. The van der Waals surface area contributed by atoms with Gasteiger partial charge in [0.1, 0.15) is 5.69 Å². The lowest BCUT2D eigenvalue weighted by atomic mass is 10.1. The number of nitrogens with zero attached hydrogens (tertiary/aromatic N) is 3. The molecule has 0 saturated carbocycles. The van der Waals surface area contributed by atoms with E-state index in [0.717, 1.165) is 23.9 Å². The lowest BCUT2D eigenvalue weighted by Crippen LogP contribution is -2.11. The van der Waals surface area contributed by atoms with Crippen LogP contribution in [0.1, 0.15) is 29.4 Å². The Morgan fingerprint density at radius 1 is 1.20 bits per heavy atom. The van der Waals surface area contributed by atoms with E-state index in [-0.39, 0.29) is 5.78 Å². The maximum absolute atomic E-state index is 12.6. The monoisotopic (exact) mass is 265 g/mol. The number of ketones is 1. The molecule has 4 nitrogen and oxygen atoms in total. The molecule has 0 bridgehead atoms. The van der Waals surface area contributed by atoms with Crippen molar-refractivity contribution in [3.05, 3.63) is 60.0 Å². The molecule has 0 aliphatic carbocycles. The summed E-state index contributed by atoms with van der Waals surface area (Å²) in [6.45, 7) is 2.82. The fourth-order valence-electron chi connectivity index (χ4n) is 2.28. The number of aryl methyl sites for hydroxylation is 1. The average molecular weight is 265 g/mol. The minimum Gasteiger partial charge on any atom is -0.287 e. The van der Waals surface area contributed by atoms with Crippen molar-refractivity contribution >= 4 is 16.7 Å². The maximum Gasteiger partial charge on any atom is 0.211 e. The van der Waals surface area contributed by atoms with Crippen LogP contribution >= 0.6 is 0 Å². The fraction of sp³-hybridized carbons (Fsp3) is 0.188. The number of carbonyl (C=O) groups excluding carboxylic acids is 1. The predicted octanol–water partition coefficient (Wildman–Crippen LogP) is 3.07. The number of hydrogen-bond acceptors (Lipinski definition) is 3. The number of hydrogen-bond donors (Lipinski definition) is 0. The highest BCUT2D eigenvalue weighted by Crippen LogP contribution is 2.16. The van der Waals surface area contributed by atoms with Crippen LogP contribution in [0.25, 0.3) is 10.9 Å². The molecular formula is C16H15N3O. The molecule has 0 saturated heterocycles. The van der Waals surface area contributed by atoms with Gasteiger partial charge in [0, 0.05) is 29.9 Å². The van der Waals surface area contributed by atoms with Crippen molar-refractivity contribution in [3.8, 4) is 0 Å². The van der Waals surface area contributed by atoms with Crippen LogP contribution in [0.3, 0.4) is 0 Å². The molecule has 2 heterocycles. The van der Waals surface area contributed by atoms with Gasteiger partial charge in [0.2, 0.25) is 5.78 Å². The third-order valence-corrected chi connectivity index (χ3v) is 3.25. The van der Waals surface area contributed by atoms with Gasteiger partial charge in [0.05, 0.1) is 5.52 Å². The van der Waals surface area contributed by atoms with Crippen LogP contribution in [0.2, 0.25) is 0 Å². The van der Waals surface area contributed by atoms with E-state index in [1.54, 1.807) is 23.1 Å². The van der Waals surface area contributed by atoms with E-state index in [0.29, 0.717) is 11.3 Å². The van der Waals surface area contributed by atoms with Gasteiger partial charge in [-0.1, -0.05) is 13.0 Å². The molecule has 3 aromatic rings. The molecular weight excluding hydrogens is 250 g/mol. The number of fused-ring (bicyclic) bond motifs is 1. The second-order valence-electron chi connectivity index (χ2n) is 4.68. The minimum absolute atomic E-state index is 0.00158. The highest BCUT2D eigenvalue weighted by Gasteiger charge is 2.14. The Bertz CT molecular complexity index is 761. The Morgan fingerprint density at radius 2 is 2.10 bits per heavy atom. The Hall–Kier alpha value is -2.49. The predicted molar refractivity (Wildman–Crippen MR) is 77.7 cm³/mol. The Kier molecular flexibility index (Phi) is 3.29. The molecule has 0 unspecified atom stereocenters. The van der Waals surface area contributed by atoms with E-state index in [4.69, 9.17) is 0 Å². The first-order valence-electron chi connectivity index (χ1n) is 6.71. The van der Waals surface area contributed by atoms with E-state index < -0.39 is 0 Å². The SMILES string of the molecule is CCCn1nccc1C(=O)c1ccc2ncccc2c1. The molecule has 0 spiro atoms. The molecule has 1 aromatic carbocycles. The smallest absolute Gasteiger partial charge is 0.211 e. The van der Waals surface area contributed by atoms with Crippen LogP contribution in [-0.2, 0) is 6.54 Å². The summed E-state index contributed by atoms with van der Waals surface area (Å²) in [5.41, 5.74) is 2.20.